The van der Waals surface area contributed by atoms with Gasteiger partial charge in [-0.25, -0.2) is 0 Å². The van der Waals surface area contributed by atoms with Gasteiger partial charge >= 0.3 is 0 Å². The van der Waals surface area contributed by atoms with Crippen LogP contribution >= 0.6 is 11.8 Å². The van der Waals surface area contributed by atoms with E-state index in [1.54, 1.807) is 18.9 Å². The van der Waals surface area contributed by atoms with E-state index in [-0.39, 0.29) is 12.5 Å². The minimum atomic E-state index is 0.168. The summed E-state index contributed by atoms with van der Waals surface area (Å²) in [5.41, 5.74) is 1.09. The van der Waals surface area contributed by atoms with Crippen molar-refractivity contribution in [2.45, 2.75) is 5.92 Å². The second-order valence-corrected chi connectivity index (χ2v) is 3.99. The zero-order chi connectivity index (χ0) is 10.4. The Kier molecular flexibility index (Phi) is 4.84. The molecule has 1 aromatic rings. The molecule has 0 fully saturated rings. The number of para-hydroxylation sites is 1. The van der Waals surface area contributed by atoms with Gasteiger partial charge in [-0.05, 0) is 12.3 Å². The molecular formula is C11H16O2S. The minimum Gasteiger partial charge on any atom is -0.496 e. The van der Waals surface area contributed by atoms with Gasteiger partial charge in [0.1, 0.15) is 5.75 Å². The normalized spacial score (nSPS) is 12.5. The van der Waals surface area contributed by atoms with Crippen molar-refractivity contribution >= 4 is 11.8 Å². The molecule has 0 bridgehead atoms. The summed E-state index contributed by atoms with van der Waals surface area (Å²) in [5, 5.41) is 9.26. The number of ether oxygens (including phenoxy) is 1. The quantitative estimate of drug-likeness (QED) is 0.811. The summed E-state index contributed by atoms with van der Waals surface area (Å²) in [6.45, 7) is 0.168. The number of methoxy groups -OCH3 is 1. The fourth-order valence-corrected chi connectivity index (χ4v) is 2.13. The molecule has 0 aliphatic rings. The van der Waals surface area contributed by atoms with Gasteiger partial charge in [0.25, 0.3) is 0 Å². The summed E-state index contributed by atoms with van der Waals surface area (Å²) in [4.78, 5) is 0. The van der Waals surface area contributed by atoms with Crippen LogP contribution in [0.15, 0.2) is 24.3 Å². The molecule has 0 saturated carbocycles. The number of hydrogen-bond donors (Lipinski definition) is 1. The van der Waals surface area contributed by atoms with Gasteiger partial charge in [0, 0.05) is 17.2 Å². The third kappa shape index (κ3) is 2.66. The molecule has 0 amide bonds. The Morgan fingerprint density at radius 2 is 2.14 bits per heavy atom. The van der Waals surface area contributed by atoms with E-state index in [9.17, 15) is 5.11 Å². The van der Waals surface area contributed by atoms with Crippen LogP contribution in [0, 0.1) is 0 Å². The molecule has 0 saturated heterocycles. The third-order valence-electron chi connectivity index (χ3n) is 2.17. The Morgan fingerprint density at radius 3 is 2.71 bits per heavy atom. The first-order valence-electron chi connectivity index (χ1n) is 4.56. The number of aliphatic hydroxyl groups is 1. The van der Waals surface area contributed by atoms with Crippen molar-refractivity contribution in [1.82, 2.24) is 0 Å². The first kappa shape index (κ1) is 11.4. The van der Waals surface area contributed by atoms with E-state index in [4.69, 9.17) is 4.74 Å². The summed E-state index contributed by atoms with van der Waals surface area (Å²) >= 11 is 1.73. The molecule has 2 nitrogen and oxygen atoms in total. The second kappa shape index (κ2) is 5.94. The molecule has 78 valence electrons. The zero-order valence-corrected chi connectivity index (χ0v) is 9.38. The average molecular weight is 212 g/mol. The van der Waals surface area contributed by atoms with Crippen molar-refractivity contribution in [2.24, 2.45) is 0 Å². The van der Waals surface area contributed by atoms with E-state index in [0.717, 1.165) is 17.1 Å². The fraction of sp³-hybridized carbons (Fsp3) is 0.455. The monoisotopic (exact) mass is 212 g/mol. The second-order valence-electron chi connectivity index (χ2n) is 3.08. The Bertz CT molecular complexity index is 276. The fourth-order valence-electron chi connectivity index (χ4n) is 1.45. The summed E-state index contributed by atoms with van der Waals surface area (Å²) in [6.07, 6.45) is 2.04. The SMILES string of the molecule is COc1ccccc1C(CO)CSC. The van der Waals surface area contributed by atoms with E-state index < -0.39 is 0 Å². The zero-order valence-electron chi connectivity index (χ0n) is 8.56. The topological polar surface area (TPSA) is 29.5 Å². The van der Waals surface area contributed by atoms with Crippen LogP contribution in [0.2, 0.25) is 0 Å². The molecule has 0 aromatic heterocycles. The lowest BCUT2D eigenvalue weighted by Gasteiger charge is -2.16. The molecule has 3 heteroatoms. The van der Waals surface area contributed by atoms with Crippen LogP contribution in [-0.4, -0.2) is 30.8 Å². The Morgan fingerprint density at radius 1 is 1.43 bits per heavy atom. The Balaban J connectivity index is 2.90. The van der Waals surface area contributed by atoms with E-state index in [1.165, 1.54) is 0 Å². The molecule has 1 atom stereocenters. The van der Waals surface area contributed by atoms with Crippen molar-refractivity contribution < 1.29 is 9.84 Å². The van der Waals surface area contributed by atoms with Crippen LogP contribution < -0.4 is 4.74 Å². The van der Waals surface area contributed by atoms with Gasteiger partial charge < -0.3 is 9.84 Å². The lowest BCUT2D eigenvalue weighted by Crippen LogP contribution is -2.08. The van der Waals surface area contributed by atoms with Crippen molar-refractivity contribution in [3.8, 4) is 5.75 Å². The van der Waals surface area contributed by atoms with Gasteiger partial charge in [0.05, 0.1) is 13.7 Å². The van der Waals surface area contributed by atoms with Gasteiger partial charge in [-0.2, -0.15) is 11.8 Å². The number of benzene rings is 1. The first-order chi connectivity index (χ1) is 6.83. The molecular weight excluding hydrogens is 196 g/mol. The van der Waals surface area contributed by atoms with Crippen molar-refractivity contribution in [2.75, 3.05) is 25.7 Å². The van der Waals surface area contributed by atoms with Crippen molar-refractivity contribution in [1.29, 1.82) is 0 Å². The predicted octanol–water partition coefficient (Wildman–Crippen LogP) is 2.13. The van der Waals surface area contributed by atoms with E-state index in [2.05, 4.69) is 0 Å². The highest BCUT2D eigenvalue weighted by molar-refractivity contribution is 7.98. The highest BCUT2D eigenvalue weighted by atomic mass is 32.2. The molecule has 0 heterocycles. The maximum Gasteiger partial charge on any atom is 0.122 e. The van der Waals surface area contributed by atoms with Crippen LogP contribution in [0.4, 0.5) is 0 Å². The van der Waals surface area contributed by atoms with E-state index in [1.807, 2.05) is 30.5 Å². The highest BCUT2D eigenvalue weighted by Crippen LogP contribution is 2.27. The lowest BCUT2D eigenvalue weighted by molar-refractivity contribution is 0.271. The Hall–Kier alpha value is -0.670. The number of hydrogen-bond acceptors (Lipinski definition) is 3. The average Bonchev–Trinajstić information content (AvgIpc) is 2.26. The number of aliphatic hydroxyl groups excluding tert-OH is 1. The van der Waals surface area contributed by atoms with Gasteiger partial charge in [-0.15, -0.1) is 0 Å². The van der Waals surface area contributed by atoms with Crippen LogP contribution in [0.5, 0.6) is 5.75 Å². The maximum atomic E-state index is 9.26. The molecule has 14 heavy (non-hydrogen) atoms. The smallest absolute Gasteiger partial charge is 0.122 e. The van der Waals surface area contributed by atoms with Crippen LogP contribution in [0.1, 0.15) is 11.5 Å². The van der Waals surface area contributed by atoms with E-state index >= 15 is 0 Å². The molecule has 0 aliphatic heterocycles. The molecule has 0 spiro atoms. The van der Waals surface area contributed by atoms with Crippen LogP contribution in [-0.2, 0) is 0 Å². The summed E-state index contributed by atoms with van der Waals surface area (Å²) in [5.74, 6) is 1.94. The van der Waals surface area contributed by atoms with Gasteiger partial charge in [0.15, 0.2) is 0 Å². The number of thioether (sulfide) groups is 1. The third-order valence-corrected chi connectivity index (χ3v) is 2.90. The lowest BCUT2D eigenvalue weighted by atomic mass is 10.0. The summed E-state index contributed by atoms with van der Waals surface area (Å²) in [7, 11) is 1.66. The molecule has 0 radical (unpaired) electrons. The maximum absolute atomic E-state index is 9.26. The van der Waals surface area contributed by atoms with Gasteiger partial charge in [-0.1, -0.05) is 18.2 Å². The van der Waals surface area contributed by atoms with E-state index in [0.29, 0.717) is 0 Å². The summed E-state index contributed by atoms with van der Waals surface area (Å²) < 4.78 is 5.25. The van der Waals surface area contributed by atoms with Crippen molar-refractivity contribution in [3.63, 3.8) is 0 Å². The molecule has 1 unspecified atom stereocenters. The van der Waals surface area contributed by atoms with Gasteiger partial charge in [0.2, 0.25) is 0 Å². The summed E-state index contributed by atoms with van der Waals surface area (Å²) in [6, 6.07) is 7.85. The molecule has 1 rings (SSSR count). The molecule has 0 aliphatic carbocycles. The predicted molar refractivity (Wildman–Crippen MR) is 61.2 cm³/mol. The highest BCUT2D eigenvalue weighted by Gasteiger charge is 2.13. The first-order valence-corrected chi connectivity index (χ1v) is 5.95. The molecule has 1 aromatic carbocycles. The van der Waals surface area contributed by atoms with Gasteiger partial charge in [-0.3, -0.25) is 0 Å². The van der Waals surface area contributed by atoms with Crippen LogP contribution in [0.25, 0.3) is 0 Å². The standard InChI is InChI=1S/C11H16O2S/c1-13-11-6-4-3-5-10(11)9(7-12)8-14-2/h3-6,9,12H,7-8H2,1-2H3. The van der Waals surface area contributed by atoms with Crippen molar-refractivity contribution in [3.05, 3.63) is 29.8 Å². The minimum absolute atomic E-state index is 0.168. The van der Waals surface area contributed by atoms with Crippen LogP contribution in [0.3, 0.4) is 0 Å². The largest absolute Gasteiger partial charge is 0.496 e. The number of rotatable bonds is 5. The molecule has 1 N–H and O–H groups in total. The Labute approximate surface area is 89.3 Å².